The normalized spacial score (nSPS) is 20.2. The number of carbonyl (C=O) groups excluding carboxylic acids is 1. The Kier molecular flexibility index (Phi) is 5.42. The van der Waals surface area contributed by atoms with Crippen LogP contribution in [0.1, 0.15) is 50.4 Å². The molecule has 1 unspecified atom stereocenters. The fraction of sp³-hybridized carbons (Fsp3) is 0.588. The first-order chi connectivity index (χ1) is 9.79. The first-order valence-electron chi connectivity index (χ1n) is 7.57. The topological polar surface area (TPSA) is 20.3 Å². The highest BCUT2D eigenvalue weighted by Crippen LogP contribution is 2.34. The second-order valence-corrected chi connectivity index (χ2v) is 8.32. The maximum absolute atomic E-state index is 12.7. The molecule has 1 fully saturated rings. The summed E-state index contributed by atoms with van der Waals surface area (Å²) in [6.07, 6.45) is 3.39. The van der Waals surface area contributed by atoms with E-state index in [1.54, 1.807) is 0 Å². The van der Waals surface area contributed by atoms with E-state index in [2.05, 4.69) is 49.3 Å². The maximum atomic E-state index is 12.7. The number of amides is 1. The molecule has 1 aromatic rings. The van der Waals surface area contributed by atoms with Gasteiger partial charge < -0.3 is 4.90 Å². The average molecular weight is 370 g/mol. The zero-order valence-corrected chi connectivity index (χ0v) is 15.5. The minimum Gasteiger partial charge on any atom is -0.339 e. The van der Waals surface area contributed by atoms with Gasteiger partial charge in [0, 0.05) is 22.5 Å². The number of carbonyl (C=O) groups is 1. The maximum Gasteiger partial charge on any atom is 0.255 e. The molecule has 1 aromatic carbocycles. The van der Waals surface area contributed by atoms with Gasteiger partial charge in [0.25, 0.3) is 5.91 Å². The number of rotatable bonds is 1. The monoisotopic (exact) mass is 369 g/mol. The predicted octanol–water partition coefficient (Wildman–Crippen LogP) is 5.03. The van der Waals surface area contributed by atoms with Crippen LogP contribution in [0, 0.1) is 11.3 Å². The average Bonchev–Trinajstić information content (AvgIpc) is 2.66. The number of benzene rings is 1. The molecular weight excluding hydrogens is 346 g/mol. The number of hydrogen-bond donors (Lipinski definition) is 1. The van der Waals surface area contributed by atoms with Crippen LogP contribution in [0.3, 0.4) is 0 Å². The highest BCUT2D eigenvalue weighted by molar-refractivity contribution is 9.10. The molecule has 0 N–H and O–H groups in total. The molecule has 1 aliphatic rings. The Morgan fingerprint density at radius 3 is 2.67 bits per heavy atom. The van der Waals surface area contributed by atoms with Crippen LogP contribution in [0.4, 0.5) is 0 Å². The third kappa shape index (κ3) is 4.26. The molecule has 0 radical (unpaired) electrons. The van der Waals surface area contributed by atoms with E-state index in [-0.39, 0.29) is 5.91 Å². The van der Waals surface area contributed by atoms with E-state index < -0.39 is 0 Å². The lowest BCUT2D eigenvalue weighted by Crippen LogP contribution is -2.32. The van der Waals surface area contributed by atoms with E-state index in [0.29, 0.717) is 11.3 Å². The lowest BCUT2D eigenvalue weighted by atomic mass is 9.77. The molecule has 0 saturated carbocycles. The van der Waals surface area contributed by atoms with Gasteiger partial charge in [0.15, 0.2) is 0 Å². The molecule has 2 nitrogen and oxygen atoms in total. The number of thiol groups is 1. The molecule has 1 atom stereocenters. The SMILES string of the molecule is CC(C)(C)C1CCCN(C(=O)c2cc(S)ccc2Br)CC1. The van der Waals surface area contributed by atoms with E-state index in [0.717, 1.165) is 40.9 Å². The Morgan fingerprint density at radius 2 is 2.00 bits per heavy atom. The molecule has 1 heterocycles. The van der Waals surface area contributed by atoms with Crippen molar-refractivity contribution >= 4 is 34.5 Å². The molecule has 0 aromatic heterocycles. The fourth-order valence-corrected chi connectivity index (χ4v) is 3.63. The zero-order valence-electron chi connectivity index (χ0n) is 13.0. The van der Waals surface area contributed by atoms with Crippen molar-refractivity contribution in [3.8, 4) is 0 Å². The summed E-state index contributed by atoms with van der Waals surface area (Å²) in [6, 6.07) is 5.63. The van der Waals surface area contributed by atoms with Crippen LogP contribution in [-0.2, 0) is 0 Å². The van der Waals surface area contributed by atoms with E-state index in [1.165, 1.54) is 6.42 Å². The van der Waals surface area contributed by atoms with Crippen molar-refractivity contribution in [3.05, 3.63) is 28.2 Å². The highest BCUT2D eigenvalue weighted by atomic mass is 79.9. The Bertz CT molecular complexity index is 524. The smallest absolute Gasteiger partial charge is 0.255 e. The van der Waals surface area contributed by atoms with Gasteiger partial charge in [0.05, 0.1) is 5.56 Å². The summed E-state index contributed by atoms with van der Waals surface area (Å²) in [5, 5.41) is 0. The molecule has 0 aliphatic carbocycles. The Balaban J connectivity index is 2.12. The van der Waals surface area contributed by atoms with Crippen molar-refractivity contribution in [3.63, 3.8) is 0 Å². The van der Waals surface area contributed by atoms with Crippen LogP contribution in [0.25, 0.3) is 0 Å². The molecule has 116 valence electrons. The third-order valence-corrected chi connectivity index (χ3v) is 5.39. The minimum absolute atomic E-state index is 0.118. The number of likely N-dealkylation sites (tertiary alicyclic amines) is 1. The second kappa shape index (κ2) is 6.74. The Hall–Kier alpha value is -0.480. The van der Waals surface area contributed by atoms with Gasteiger partial charge in [-0.3, -0.25) is 4.79 Å². The van der Waals surface area contributed by atoms with Gasteiger partial charge in [-0.2, -0.15) is 0 Å². The molecule has 1 amide bonds. The van der Waals surface area contributed by atoms with Crippen LogP contribution in [0.15, 0.2) is 27.6 Å². The summed E-state index contributed by atoms with van der Waals surface area (Å²) in [7, 11) is 0. The summed E-state index contributed by atoms with van der Waals surface area (Å²) in [6.45, 7) is 8.61. The van der Waals surface area contributed by atoms with Gasteiger partial charge in [-0.05, 0) is 64.7 Å². The van der Waals surface area contributed by atoms with Gasteiger partial charge >= 0.3 is 0 Å². The second-order valence-electron chi connectivity index (χ2n) is 6.95. The van der Waals surface area contributed by atoms with Crippen LogP contribution >= 0.6 is 28.6 Å². The lowest BCUT2D eigenvalue weighted by Gasteiger charge is -2.29. The van der Waals surface area contributed by atoms with Crippen molar-refractivity contribution in [2.75, 3.05) is 13.1 Å². The van der Waals surface area contributed by atoms with Crippen LogP contribution < -0.4 is 0 Å². The lowest BCUT2D eigenvalue weighted by molar-refractivity contribution is 0.0754. The standard InChI is InChI=1S/C17H24BrNOS/c1-17(2,3)12-5-4-9-19(10-8-12)16(20)14-11-13(21)6-7-15(14)18/h6-7,11-12,21H,4-5,8-10H2,1-3H3. The van der Waals surface area contributed by atoms with Gasteiger partial charge in [0.1, 0.15) is 0 Å². The Morgan fingerprint density at radius 1 is 1.29 bits per heavy atom. The first-order valence-corrected chi connectivity index (χ1v) is 8.81. The molecule has 21 heavy (non-hydrogen) atoms. The summed E-state index contributed by atoms with van der Waals surface area (Å²) in [5.74, 6) is 0.808. The first kappa shape index (κ1) is 16.9. The summed E-state index contributed by atoms with van der Waals surface area (Å²) >= 11 is 7.82. The predicted molar refractivity (Wildman–Crippen MR) is 94.1 cm³/mol. The Labute approximate surface area is 141 Å². The van der Waals surface area contributed by atoms with Gasteiger partial charge in [0.2, 0.25) is 0 Å². The zero-order chi connectivity index (χ0) is 15.6. The summed E-state index contributed by atoms with van der Waals surface area (Å²) in [4.78, 5) is 15.6. The number of halogens is 1. The van der Waals surface area contributed by atoms with Crippen molar-refractivity contribution in [1.82, 2.24) is 4.90 Å². The molecule has 1 saturated heterocycles. The quantitative estimate of drug-likeness (QED) is 0.688. The largest absolute Gasteiger partial charge is 0.339 e. The molecule has 1 aliphatic heterocycles. The van der Waals surface area contributed by atoms with Crippen molar-refractivity contribution < 1.29 is 4.79 Å². The van der Waals surface area contributed by atoms with Crippen LogP contribution in [0.2, 0.25) is 0 Å². The number of hydrogen-bond acceptors (Lipinski definition) is 2. The third-order valence-electron chi connectivity index (χ3n) is 4.42. The molecule has 0 spiro atoms. The fourth-order valence-electron chi connectivity index (χ4n) is 3.01. The van der Waals surface area contributed by atoms with Crippen molar-refractivity contribution in [2.45, 2.75) is 44.9 Å². The van der Waals surface area contributed by atoms with Gasteiger partial charge in [-0.1, -0.05) is 20.8 Å². The number of nitrogens with zero attached hydrogens (tertiary/aromatic N) is 1. The van der Waals surface area contributed by atoms with Crippen LogP contribution in [0.5, 0.6) is 0 Å². The molecule has 2 rings (SSSR count). The van der Waals surface area contributed by atoms with E-state index in [4.69, 9.17) is 0 Å². The highest BCUT2D eigenvalue weighted by Gasteiger charge is 2.29. The molecular formula is C17H24BrNOS. The summed E-state index contributed by atoms with van der Waals surface area (Å²) < 4.78 is 0.849. The van der Waals surface area contributed by atoms with Gasteiger partial charge in [-0.15, -0.1) is 12.6 Å². The molecule has 0 bridgehead atoms. The van der Waals surface area contributed by atoms with Gasteiger partial charge in [-0.25, -0.2) is 0 Å². The molecule has 4 heteroatoms. The van der Waals surface area contributed by atoms with E-state index >= 15 is 0 Å². The summed E-state index contributed by atoms with van der Waals surface area (Å²) in [5.41, 5.74) is 1.04. The minimum atomic E-state index is 0.118. The van der Waals surface area contributed by atoms with Crippen molar-refractivity contribution in [1.29, 1.82) is 0 Å². The van der Waals surface area contributed by atoms with E-state index in [9.17, 15) is 4.79 Å². The van der Waals surface area contributed by atoms with E-state index in [1.807, 2.05) is 23.1 Å². The van der Waals surface area contributed by atoms with Crippen molar-refractivity contribution in [2.24, 2.45) is 11.3 Å². The van der Waals surface area contributed by atoms with Crippen LogP contribution in [-0.4, -0.2) is 23.9 Å².